The highest BCUT2D eigenvalue weighted by Gasteiger charge is 2.34. The number of rotatable bonds is 9. The average Bonchev–Trinajstić information content (AvgIpc) is 3.08. The van der Waals surface area contributed by atoms with Crippen LogP contribution in [0.2, 0.25) is 0 Å². The molecule has 30 heavy (non-hydrogen) atoms. The Kier molecular flexibility index (Phi) is 7.08. The predicted molar refractivity (Wildman–Crippen MR) is 114 cm³/mol. The molecule has 2 aromatic rings. The number of hydrogen-bond donors (Lipinski definition) is 2. The number of amides is 1. The number of aliphatic hydroxyl groups is 1. The van der Waals surface area contributed by atoms with Gasteiger partial charge < -0.3 is 24.8 Å². The maximum absolute atomic E-state index is 12.9. The van der Waals surface area contributed by atoms with Gasteiger partial charge in [0.05, 0.1) is 38.1 Å². The van der Waals surface area contributed by atoms with E-state index in [9.17, 15) is 14.7 Å². The Hall–Kier alpha value is -3.32. The molecule has 0 radical (unpaired) electrons. The summed E-state index contributed by atoms with van der Waals surface area (Å²) in [6, 6.07) is 15.5. The van der Waals surface area contributed by atoms with Crippen molar-refractivity contribution in [3.63, 3.8) is 0 Å². The lowest BCUT2D eigenvalue weighted by molar-refractivity contribution is -0.136. The SMILES string of the molecule is CCCOc1ccc(-c2ccccc2)cc1NC1=C(C(=O)OC)CN(CCO)C1=O. The van der Waals surface area contributed by atoms with E-state index in [1.165, 1.54) is 12.0 Å². The van der Waals surface area contributed by atoms with Crippen LogP contribution in [0, 0.1) is 0 Å². The van der Waals surface area contributed by atoms with Gasteiger partial charge in [-0.1, -0.05) is 43.3 Å². The van der Waals surface area contributed by atoms with Gasteiger partial charge in [0.25, 0.3) is 5.91 Å². The fourth-order valence-corrected chi connectivity index (χ4v) is 3.26. The molecule has 1 aliphatic rings. The highest BCUT2D eigenvalue weighted by molar-refractivity contribution is 6.08. The second kappa shape index (κ2) is 9.93. The molecule has 0 saturated carbocycles. The average molecular weight is 410 g/mol. The largest absolute Gasteiger partial charge is 0.491 e. The van der Waals surface area contributed by atoms with Crippen LogP contribution < -0.4 is 10.1 Å². The van der Waals surface area contributed by atoms with Crippen molar-refractivity contribution < 1.29 is 24.2 Å². The van der Waals surface area contributed by atoms with Crippen LogP contribution in [0.1, 0.15) is 13.3 Å². The van der Waals surface area contributed by atoms with Crippen LogP contribution in [0.5, 0.6) is 5.75 Å². The molecular formula is C23H26N2O5. The molecule has 1 heterocycles. The van der Waals surface area contributed by atoms with Crippen LogP contribution in [-0.4, -0.2) is 55.3 Å². The van der Waals surface area contributed by atoms with Crippen LogP contribution in [0.25, 0.3) is 11.1 Å². The monoisotopic (exact) mass is 410 g/mol. The first-order valence-corrected chi connectivity index (χ1v) is 9.90. The Morgan fingerprint density at radius 2 is 1.93 bits per heavy atom. The van der Waals surface area contributed by atoms with Crippen molar-refractivity contribution in [2.45, 2.75) is 13.3 Å². The molecule has 0 saturated heterocycles. The molecule has 0 spiro atoms. The number of nitrogens with zero attached hydrogens (tertiary/aromatic N) is 1. The summed E-state index contributed by atoms with van der Waals surface area (Å²) in [5, 5.41) is 12.4. The number of aliphatic hydroxyl groups excluding tert-OH is 1. The molecule has 2 N–H and O–H groups in total. The molecule has 1 aliphatic heterocycles. The van der Waals surface area contributed by atoms with E-state index in [0.717, 1.165) is 17.5 Å². The van der Waals surface area contributed by atoms with E-state index >= 15 is 0 Å². The minimum Gasteiger partial charge on any atom is -0.491 e. The number of β-amino-alcohol motifs (C(OH)–C–C–N with tert-alkyl or cyclic N) is 1. The van der Waals surface area contributed by atoms with Gasteiger partial charge in [-0.25, -0.2) is 4.79 Å². The first-order valence-electron chi connectivity index (χ1n) is 9.90. The van der Waals surface area contributed by atoms with E-state index in [1.807, 2.05) is 55.5 Å². The molecule has 0 aliphatic carbocycles. The fourth-order valence-electron chi connectivity index (χ4n) is 3.26. The summed E-state index contributed by atoms with van der Waals surface area (Å²) in [6.45, 7) is 2.55. The van der Waals surface area contributed by atoms with Gasteiger partial charge in [0.15, 0.2) is 0 Å². The first-order chi connectivity index (χ1) is 14.6. The van der Waals surface area contributed by atoms with Gasteiger partial charge >= 0.3 is 5.97 Å². The minimum atomic E-state index is -0.582. The second-order valence-electron chi connectivity index (χ2n) is 6.85. The topological polar surface area (TPSA) is 88.1 Å². The maximum atomic E-state index is 12.9. The van der Waals surface area contributed by atoms with Gasteiger partial charge in [0.2, 0.25) is 0 Å². The molecule has 7 nitrogen and oxygen atoms in total. The number of ether oxygens (including phenoxy) is 2. The smallest absolute Gasteiger partial charge is 0.337 e. The molecule has 3 rings (SSSR count). The zero-order chi connectivity index (χ0) is 21.5. The standard InChI is InChI=1S/C23H26N2O5/c1-3-13-30-20-10-9-17(16-7-5-4-6-8-16)14-19(20)24-21-18(23(28)29-2)15-25(11-12-26)22(21)27/h4-10,14,24,26H,3,11-13,15H2,1-2H3. The van der Waals surface area contributed by atoms with Crippen LogP contribution >= 0.6 is 0 Å². The van der Waals surface area contributed by atoms with E-state index in [4.69, 9.17) is 9.47 Å². The summed E-state index contributed by atoms with van der Waals surface area (Å²) in [7, 11) is 1.28. The van der Waals surface area contributed by atoms with Gasteiger partial charge in [-0.3, -0.25) is 4.79 Å². The highest BCUT2D eigenvalue weighted by atomic mass is 16.5. The van der Waals surface area contributed by atoms with Crippen LogP contribution in [0.4, 0.5) is 5.69 Å². The summed E-state index contributed by atoms with van der Waals surface area (Å²) in [5.74, 6) is -0.362. The van der Waals surface area contributed by atoms with Crippen molar-refractivity contribution in [2.75, 3.05) is 38.7 Å². The van der Waals surface area contributed by atoms with Gasteiger partial charge in [-0.15, -0.1) is 0 Å². The molecule has 2 aromatic carbocycles. The predicted octanol–water partition coefficient (Wildman–Crippen LogP) is 2.82. The van der Waals surface area contributed by atoms with E-state index in [0.29, 0.717) is 18.0 Å². The molecule has 7 heteroatoms. The third kappa shape index (κ3) is 4.63. The number of carbonyl (C=O) groups is 2. The Morgan fingerprint density at radius 3 is 2.60 bits per heavy atom. The molecular weight excluding hydrogens is 384 g/mol. The quantitative estimate of drug-likeness (QED) is 0.618. The van der Waals surface area contributed by atoms with Crippen molar-refractivity contribution in [3.8, 4) is 16.9 Å². The fraction of sp³-hybridized carbons (Fsp3) is 0.304. The number of esters is 1. The molecule has 0 bridgehead atoms. The van der Waals surface area contributed by atoms with Crippen molar-refractivity contribution in [2.24, 2.45) is 0 Å². The highest BCUT2D eigenvalue weighted by Crippen LogP contribution is 2.33. The Morgan fingerprint density at radius 1 is 1.17 bits per heavy atom. The van der Waals surface area contributed by atoms with Gasteiger partial charge in [0, 0.05) is 6.54 Å². The summed E-state index contributed by atoms with van der Waals surface area (Å²) >= 11 is 0. The lowest BCUT2D eigenvalue weighted by atomic mass is 10.0. The van der Waals surface area contributed by atoms with Crippen molar-refractivity contribution in [3.05, 3.63) is 59.8 Å². The van der Waals surface area contributed by atoms with Crippen molar-refractivity contribution in [1.82, 2.24) is 4.90 Å². The zero-order valence-corrected chi connectivity index (χ0v) is 17.2. The number of hydrogen-bond acceptors (Lipinski definition) is 6. The number of carbonyl (C=O) groups excluding carboxylic acids is 2. The molecule has 0 aromatic heterocycles. The van der Waals surface area contributed by atoms with E-state index in [2.05, 4.69) is 5.32 Å². The molecule has 158 valence electrons. The van der Waals surface area contributed by atoms with Crippen LogP contribution in [0.3, 0.4) is 0 Å². The summed E-state index contributed by atoms with van der Waals surface area (Å²) in [4.78, 5) is 26.5. The number of methoxy groups -OCH3 is 1. The Balaban J connectivity index is 2.01. The third-order valence-corrected chi connectivity index (χ3v) is 4.76. The van der Waals surface area contributed by atoms with E-state index in [-0.39, 0.29) is 36.9 Å². The Labute approximate surface area is 175 Å². The summed E-state index contributed by atoms with van der Waals surface area (Å²) < 4.78 is 10.7. The maximum Gasteiger partial charge on any atom is 0.337 e. The summed E-state index contributed by atoms with van der Waals surface area (Å²) in [6.07, 6.45) is 0.833. The molecule has 0 fully saturated rings. The Bertz CT molecular complexity index is 940. The van der Waals surface area contributed by atoms with E-state index in [1.54, 1.807) is 0 Å². The number of benzene rings is 2. The molecule has 0 atom stereocenters. The number of nitrogens with one attached hydrogen (secondary N) is 1. The summed E-state index contributed by atoms with van der Waals surface area (Å²) in [5.41, 5.74) is 2.91. The molecule has 1 amide bonds. The van der Waals surface area contributed by atoms with E-state index < -0.39 is 5.97 Å². The van der Waals surface area contributed by atoms with Gasteiger partial charge in [0.1, 0.15) is 11.4 Å². The lowest BCUT2D eigenvalue weighted by Crippen LogP contribution is -2.31. The number of anilines is 1. The molecule has 0 unspecified atom stereocenters. The third-order valence-electron chi connectivity index (χ3n) is 4.76. The lowest BCUT2D eigenvalue weighted by Gasteiger charge is -2.17. The van der Waals surface area contributed by atoms with Gasteiger partial charge in [-0.05, 0) is 29.7 Å². The van der Waals surface area contributed by atoms with Crippen LogP contribution in [0.15, 0.2) is 59.8 Å². The zero-order valence-electron chi connectivity index (χ0n) is 17.2. The normalized spacial score (nSPS) is 13.6. The van der Waals surface area contributed by atoms with Gasteiger partial charge in [-0.2, -0.15) is 0 Å². The second-order valence-corrected chi connectivity index (χ2v) is 6.85. The first kappa shape index (κ1) is 21.4. The van der Waals surface area contributed by atoms with Crippen molar-refractivity contribution >= 4 is 17.6 Å². The minimum absolute atomic E-state index is 0.0813. The van der Waals surface area contributed by atoms with Crippen molar-refractivity contribution in [1.29, 1.82) is 0 Å². The van der Waals surface area contributed by atoms with Crippen LogP contribution in [-0.2, 0) is 14.3 Å².